The molecule has 3 N–H and O–H groups in total. The summed E-state index contributed by atoms with van der Waals surface area (Å²) in [6.45, 7) is 1.72. The zero-order valence-corrected chi connectivity index (χ0v) is 13.3. The summed E-state index contributed by atoms with van der Waals surface area (Å²) in [7, 11) is 0. The summed E-state index contributed by atoms with van der Waals surface area (Å²) in [6, 6.07) is 0.0876. The first-order valence-electron chi connectivity index (χ1n) is 7.80. The molecule has 1 saturated heterocycles. The van der Waals surface area contributed by atoms with Crippen molar-refractivity contribution >= 4 is 23.2 Å². The normalized spacial score (nSPS) is 30.4. The molecule has 0 amide bonds. The fourth-order valence-electron chi connectivity index (χ4n) is 3.96. The number of aliphatic hydroxyl groups is 1. The highest BCUT2D eigenvalue weighted by Crippen LogP contribution is 2.43. The van der Waals surface area contributed by atoms with E-state index >= 15 is 0 Å². The average Bonchev–Trinajstić information content (AvgIpc) is 3.18. The topological polar surface area (TPSA) is 93.1 Å². The van der Waals surface area contributed by atoms with Gasteiger partial charge in [-0.3, -0.25) is 0 Å². The molecule has 0 aromatic carbocycles. The van der Waals surface area contributed by atoms with Crippen molar-refractivity contribution in [3.05, 3.63) is 30.1 Å². The van der Waals surface area contributed by atoms with E-state index in [9.17, 15) is 5.11 Å². The van der Waals surface area contributed by atoms with Gasteiger partial charge in [0.15, 0.2) is 5.82 Å². The van der Waals surface area contributed by atoms with Crippen molar-refractivity contribution in [3.8, 4) is 0 Å². The standard InChI is InChI=1S/C15H19ClN6O/c16-13-14(17)19-7-20-15(13)22-5-9-3-11(21-2-1-18-8-21)12(23)4-10(9)6-22/h1-2,7-12,23H,3-6H2,(H2,17,19,20)/t9-,10+,11-,12-/m1/s1. The van der Waals surface area contributed by atoms with E-state index in [-0.39, 0.29) is 12.1 Å². The van der Waals surface area contributed by atoms with Crippen LogP contribution in [0, 0.1) is 11.8 Å². The second kappa shape index (κ2) is 5.65. The lowest BCUT2D eigenvalue weighted by Gasteiger charge is -2.35. The van der Waals surface area contributed by atoms with Crippen molar-refractivity contribution in [3.63, 3.8) is 0 Å². The van der Waals surface area contributed by atoms with Crippen LogP contribution in [0.1, 0.15) is 18.9 Å². The van der Waals surface area contributed by atoms with Crippen molar-refractivity contribution in [2.45, 2.75) is 25.0 Å². The zero-order valence-electron chi connectivity index (χ0n) is 12.6. The van der Waals surface area contributed by atoms with Gasteiger partial charge < -0.3 is 20.3 Å². The molecule has 2 fully saturated rings. The number of hydrogen-bond donors (Lipinski definition) is 2. The molecule has 2 aliphatic rings. The molecule has 2 aromatic rings. The quantitative estimate of drug-likeness (QED) is 0.861. The van der Waals surface area contributed by atoms with Gasteiger partial charge in [-0.15, -0.1) is 0 Å². The Morgan fingerprint density at radius 1 is 1.22 bits per heavy atom. The van der Waals surface area contributed by atoms with Gasteiger partial charge in [0.05, 0.1) is 18.5 Å². The molecule has 8 heteroatoms. The molecule has 1 saturated carbocycles. The summed E-state index contributed by atoms with van der Waals surface area (Å²) in [5.41, 5.74) is 5.78. The maximum atomic E-state index is 10.5. The Kier molecular flexibility index (Phi) is 3.61. The Morgan fingerprint density at radius 3 is 2.74 bits per heavy atom. The number of hydrogen-bond acceptors (Lipinski definition) is 6. The van der Waals surface area contributed by atoms with E-state index in [1.165, 1.54) is 6.33 Å². The second-order valence-electron chi connectivity index (χ2n) is 6.44. The number of aliphatic hydroxyl groups excluding tert-OH is 1. The number of anilines is 2. The van der Waals surface area contributed by atoms with Crippen LogP contribution < -0.4 is 10.6 Å². The van der Waals surface area contributed by atoms with Crippen LogP contribution in [0.4, 0.5) is 11.6 Å². The smallest absolute Gasteiger partial charge is 0.153 e. The lowest BCUT2D eigenvalue weighted by molar-refractivity contribution is 0.0358. The maximum absolute atomic E-state index is 10.5. The molecule has 7 nitrogen and oxygen atoms in total. The van der Waals surface area contributed by atoms with Gasteiger partial charge in [0.25, 0.3) is 0 Å². The number of nitrogen functional groups attached to an aromatic ring is 1. The Labute approximate surface area is 139 Å². The van der Waals surface area contributed by atoms with Crippen LogP contribution in [0.25, 0.3) is 0 Å². The highest BCUT2D eigenvalue weighted by Gasteiger charge is 2.43. The molecule has 23 heavy (non-hydrogen) atoms. The van der Waals surface area contributed by atoms with Crippen LogP contribution >= 0.6 is 11.6 Å². The third kappa shape index (κ3) is 2.53. The van der Waals surface area contributed by atoms with Crippen LogP contribution in [0.2, 0.25) is 5.02 Å². The van der Waals surface area contributed by atoms with Gasteiger partial charge in [-0.05, 0) is 24.7 Å². The van der Waals surface area contributed by atoms with Crippen molar-refractivity contribution in [2.24, 2.45) is 11.8 Å². The van der Waals surface area contributed by atoms with Crippen molar-refractivity contribution in [1.82, 2.24) is 19.5 Å². The molecule has 0 bridgehead atoms. The number of nitrogens with zero attached hydrogens (tertiary/aromatic N) is 5. The van der Waals surface area contributed by atoms with Crippen molar-refractivity contribution in [1.29, 1.82) is 0 Å². The number of nitrogens with two attached hydrogens (primary N) is 1. The Bertz CT molecular complexity index is 693. The summed E-state index contributed by atoms with van der Waals surface area (Å²) >= 11 is 6.26. The lowest BCUT2D eigenvalue weighted by atomic mass is 9.77. The van der Waals surface area contributed by atoms with Crippen LogP contribution in [-0.4, -0.2) is 43.8 Å². The molecule has 1 aliphatic heterocycles. The number of imidazole rings is 1. The van der Waals surface area contributed by atoms with Gasteiger partial charge in [0.1, 0.15) is 17.2 Å². The summed E-state index contributed by atoms with van der Waals surface area (Å²) in [6.07, 6.45) is 8.26. The first-order valence-corrected chi connectivity index (χ1v) is 8.17. The lowest BCUT2D eigenvalue weighted by Crippen LogP contribution is -2.35. The molecular weight excluding hydrogens is 316 g/mol. The number of rotatable bonds is 2. The minimum absolute atomic E-state index is 0.0876. The first kappa shape index (κ1) is 14.7. The van der Waals surface area contributed by atoms with Gasteiger partial charge in [-0.25, -0.2) is 15.0 Å². The van der Waals surface area contributed by atoms with E-state index in [4.69, 9.17) is 17.3 Å². The van der Waals surface area contributed by atoms with Crippen LogP contribution in [0.5, 0.6) is 0 Å². The first-order chi connectivity index (χ1) is 11.1. The second-order valence-corrected chi connectivity index (χ2v) is 6.82. The molecule has 2 aromatic heterocycles. The fourth-order valence-corrected chi connectivity index (χ4v) is 4.18. The van der Waals surface area contributed by atoms with Crippen LogP contribution in [0.3, 0.4) is 0 Å². The fraction of sp³-hybridized carbons (Fsp3) is 0.533. The minimum Gasteiger partial charge on any atom is -0.391 e. The van der Waals surface area contributed by atoms with E-state index in [0.717, 1.165) is 25.9 Å². The van der Waals surface area contributed by atoms with E-state index in [1.54, 1.807) is 12.5 Å². The SMILES string of the molecule is Nc1ncnc(N2C[C@H]3C[C@@H](n4ccnc4)[C@H](O)C[C@H]3C2)c1Cl. The van der Waals surface area contributed by atoms with Crippen molar-refractivity contribution < 1.29 is 5.11 Å². The molecule has 3 heterocycles. The Hall–Kier alpha value is -1.86. The predicted octanol–water partition coefficient (Wildman–Crippen LogP) is 1.36. The Morgan fingerprint density at radius 2 is 2.00 bits per heavy atom. The van der Waals surface area contributed by atoms with Gasteiger partial charge in [0, 0.05) is 25.5 Å². The molecule has 4 atom stereocenters. The zero-order chi connectivity index (χ0) is 16.0. The number of halogens is 1. The molecule has 122 valence electrons. The third-order valence-electron chi connectivity index (χ3n) is 5.11. The monoisotopic (exact) mass is 334 g/mol. The summed E-state index contributed by atoms with van der Waals surface area (Å²) in [5, 5.41) is 10.9. The predicted molar refractivity (Wildman–Crippen MR) is 87.2 cm³/mol. The average molecular weight is 335 g/mol. The van der Waals surface area contributed by atoms with E-state index in [0.29, 0.717) is 28.5 Å². The molecule has 0 radical (unpaired) electrons. The molecule has 0 spiro atoms. The molecular formula is C15H19ClN6O. The highest BCUT2D eigenvalue weighted by molar-refractivity contribution is 6.35. The van der Waals surface area contributed by atoms with Crippen LogP contribution in [-0.2, 0) is 0 Å². The van der Waals surface area contributed by atoms with Gasteiger partial charge in [-0.1, -0.05) is 11.6 Å². The van der Waals surface area contributed by atoms with E-state index in [2.05, 4.69) is 19.9 Å². The van der Waals surface area contributed by atoms with Gasteiger partial charge >= 0.3 is 0 Å². The third-order valence-corrected chi connectivity index (χ3v) is 5.48. The number of aromatic nitrogens is 4. The number of fused-ring (bicyclic) bond motifs is 1. The Balaban J connectivity index is 1.54. The van der Waals surface area contributed by atoms with E-state index in [1.807, 2.05) is 10.8 Å². The van der Waals surface area contributed by atoms with E-state index < -0.39 is 0 Å². The highest BCUT2D eigenvalue weighted by atomic mass is 35.5. The summed E-state index contributed by atoms with van der Waals surface area (Å²) in [4.78, 5) is 14.5. The summed E-state index contributed by atoms with van der Waals surface area (Å²) < 4.78 is 2.01. The van der Waals surface area contributed by atoms with Crippen LogP contribution in [0.15, 0.2) is 25.0 Å². The summed E-state index contributed by atoms with van der Waals surface area (Å²) in [5.74, 6) is 1.94. The van der Waals surface area contributed by atoms with Gasteiger partial charge in [-0.2, -0.15) is 0 Å². The molecule has 0 unspecified atom stereocenters. The van der Waals surface area contributed by atoms with Crippen molar-refractivity contribution in [2.75, 3.05) is 23.7 Å². The van der Waals surface area contributed by atoms with Gasteiger partial charge in [0.2, 0.25) is 0 Å². The molecule has 1 aliphatic carbocycles. The molecule has 4 rings (SSSR count). The minimum atomic E-state index is -0.351. The largest absolute Gasteiger partial charge is 0.391 e. The maximum Gasteiger partial charge on any atom is 0.153 e.